The molecule has 1 aliphatic rings. The highest BCUT2D eigenvalue weighted by Gasteiger charge is 2.23. The Morgan fingerprint density at radius 1 is 1.36 bits per heavy atom. The first-order chi connectivity index (χ1) is 6.58. The van der Waals surface area contributed by atoms with Gasteiger partial charge in [0.1, 0.15) is 0 Å². The molecule has 2 N–H and O–H groups in total. The molecule has 0 saturated carbocycles. The molecular formula is C11H23NO2. The fourth-order valence-electron chi connectivity index (χ4n) is 2.07. The zero-order valence-corrected chi connectivity index (χ0v) is 9.49. The van der Waals surface area contributed by atoms with Crippen molar-refractivity contribution in [3.63, 3.8) is 0 Å². The molecule has 1 heterocycles. The van der Waals surface area contributed by atoms with Crippen molar-refractivity contribution < 1.29 is 9.84 Å². The van der Waals surface area contributed by atoms with Crippen LogP contribution in [0.1, 0.15) is 40.0 Å². The molecule has 84 valence electrons. The van der Waals surface area contributed by atoms with Crippen LogP contribution >= 0.6 is 0 Å². The molecule has 1 saturated heterocycles. The van der Waals surface area contributed by atoms with Crippen molar-refractivity contribution in [3.8, 4) is 0 Å². The van der Waals surface area contributed by atoms with Crippen molar-refractivity contribution >= 4 is 0 Å². The summed E-state index contributed by atoms with van der Waals surface area (Å²) in [5.74, 6) is 0. The third-order valence-electron chi connectivity index (χ3n) is 2.69. The second-order valence-corrected chi connectivity index (χ2v) is 4.52. The molecule has 3 heteroatoms. The Balaban J connectivity index is 2.17. The number of ether oxygens (including phenoxy) is 1. The van der Waals surface area contributed by atoms with Gasteiger partial charge in [-0.2, -0.15) is 0 Å². The fraction of sp³-hybridized carbons (Fsp3) is 1.00. The van der Waals surface area contributed by atoms with Crippen LogP contribution in [0.25, 0.3) is 0 Å². The van der Waals surface area contributed by atoms with Crippen molar-refractivity contribution in [2.45, 2.75) is 64.4 Å². The molecule has 1 fully saturated rings. The van der Waals surface area contributed by atoms with Gasteiger partial charge in [-0.3, -0.25) is 0 Å². The molecule has 0 amide bonds. The number of hydrogen-bond acceptors (Lipinski definition) is 3. The van der Waals surface area contributed by atoms with Gasteiger partial charge in [0.25, 0.3) is 0 Å². The Morgan fingerprint density at radius 3 is 2.43 bits per heavy atom. The first-order valence-electron chi connectivity index (χ1n) is 5.65. The SMILES string of the molecule is C[C@@H]1CC(NCC[C@@H](C)O)C[C@@H](C)O1. The van der Waals surface area contributed by atoms with Crippen LogP contribution in [0.4, 0.5) is 0 Å². The molecule has 0 aromatic rings. The highest BCUT2D eigenvalue weighted by Crippen LogP contribution is 2.18. The summed E-state index contributed by atoms with van der Waals surface area (Å²) in [6.45, 7) is 6.98. The summed E-state index contributed by atoms with van der Waals surface area (Å²) in [5, 5.41) is 12.6. The number of aliphatic hydroxyl groups excluding tert-OH is 1. The van der Waals surface area contributed by atoms with Gasteiger partial charge in [0.15, 0.2) is 0 Å². The van der Waals surface area contributed by atoms with Crippen LogP contribution < -0.4 is 5.32 Å². The Hall–Kier alpha value is -0.120. The maximum absolute atomic E-state index is 9.12. The average Bonchev–Trinajstić information content (AvgIpc) is 2.01. The van der Waals surface area contributed by atoms with E-state index >= 15 is 0 Å². The maximum Gasteiger partial charge on any atom is 0.0565 e. The first kappa shape index (κ1) is 12.0. The minimum Gasteiger partial charge on any atom is -0.393 e. The van der Waals surface area contributed by atoms with E-state index in [0.29, 0.717) is 18.2 Å². The standard InChI is InChI=1S/C11H23NO2/c1-8(13)4-5-12-11-6-9(2)14-10(3)7-11/h8-13H,4-7H2,1-3H3/t8-,9-,10-/m1/s1. The minimum atomic E-state index is -0.197. The van der Waals surface area contributed by atoms with Crippen molar-refractivity contribution in [1.82, 2.24) is 5.32 Å². The van der Waals surface area contributed by atoms with Gasteiger partial charge in [-0.15, -0.1) is 0 Å². The van der Waals surface area contributed by atoms with Crippen molar-refractivity contribution in [3.05, 3.63) is 0 Å². The van der Waals surface area contributed by atoms with Gasteiger partial charge in [0.2, 0.25) is 0 Å². The summed E-state index contributed by atoms with van der Waals surface area (Å²) in [5.41, 5.74) is 0. The summed E-state index contributed by atoms with van der Waals surface area (Å²) in [4.78, 5) is 0. The monoisotopic (exact) mass is 201 g/mol. The summed E-state index contributed by atoms with van der Waals surface area (Å²) >= 11 is 0. The first-order valence-corrected chi connectivity index (χ1v) is 5.65. The number of rotatable bonds is 4. The van der Waals surface area contributed by atoms with Crippen LogP contribution in [0, 0.1) is 0 Å². The van der Waals surface area contributed by atoms with Crippen LogP contribution in [0.2, 0.25) is 0 Å². The van der Waals surface area contributed by atoms with E-state index in [1.54, 1.807) is 0 Å². The van der Waals surface area contributed by atoms with Crippen molar-refractivity contribution in [2.24, 2.45) is 0 Å². The Morgan fingerprint density at radius 2 is 1.93 bits per heavy atom. The van der Waals surface area contributed by atoms with E-state index in [1.807, 2.05) is 6.92 Å². The Labute approximate surface area is 86.8 Å². The third-order valence-corrected chi connectivity index (χ3v) is 2.69. The van der Waals surface area contributed by atoms with E-state index in [9.17, 15) is 0 Å². The molecule has 0 aromatic heterocycles. The minimum absolute atomic E-state index is 0.197. The molecule has 3 atom stereocenters. The molecule has 0 unspecified atom stereocenters. The zero-order valence-electron chi connectivity index (χ0n) is 9.49. The van der Waals surface area contributed by atoms with Crippen molar-refractivity contribution in [2.75, 3.05) is 6.54 Å². The van der Waals surface area contributed by atoms with Gasteiger partial charge < -0.3 is 15.2 Å². The van der Waals surface area contributed by atoms with E-state index in [1.165, 1.54) is 0 Å². The predicted octanol–water partition coefficient (Wildman–Crippen LogP) is 1.30. The summed E-state index contributed by atoms with van der Waals surface area (Å²) in [6, 6.07) is 0.562. The van der Waals surface area contributed by atoms with Gasteiger partial charge in [0.05, 0.1) is 18.3 Å². The summed E-state index contributed by atoms with van der Waals surface area (Å²) in [7, 11) is 0. The van der Waals surface area contributed by atoms with Crippen molar-refractivity contribution in [1.29, 1.82) is 0 Å². The van der Waals surface area contributed by atoms with E-state index in [0.717, 1.165) is 25.8 Å². The molecule has 1 aliphatic heterocycles. The molecule has 14 heavy (non-hydrogen) atoms. The molecule has 1 rings (SSSR count). The lowest BCUT2D eigenvalue weighted by Crippen LogP contribution is -2.42. The maximum atomic E-state index is 9.12. The van der Waals surface area contributed by atoms with Gasteiger partial charge in [-0.25, -0.2) is 0 Å². The molecule has 0 radical (unpaired) electrons. The van der Waals surface area contributed by atoms with Gasteiger partial charge >= 0.3 is 0 Å². The lowest BCUT2D eigenvalue weighted by molar-refractivity contribution is -0.0422. The lowest BCUT2D eigenvalue weighted by Gasteiger charge is -2.32. The van der Waals surface area contributed by atoms with E-state index in [2.05, 4.69) is 19.2 Å². The molecule has 0 aliphatic carbocycles. The van der Waals surface area contributed by atoms with E-state index in [-0.39, 0.29) is 6.10 Å². The van der Waals surface area contributed by atoms with Crippen LogP contribution in [0.15, 0.2) is 0 Å². The second-order valence-electron chi connectivity index (χ2n) is 4.52. The normalized spacial score (nSPS) is 35.6. The molecule has 3 nitrogen and oxygen atoms in total. The fourth-order valence-corrected chi connectivity index (χ4v) is 2.07. The second kappa shape index (κ2) is 5.69. The third kappa shape index (κ3) is 4.40. The van der Waals surface area contributed by atoms with Gasteiger partial charge in [-0.1, -0.05) is 0 Å². The summed E-state index contributed by atoms with van der Waals surface area (Å²) < 4.78 is 5.65. The van der Waals surface area contributed by atoms with E-state index < -0.39 is 0 Å². The average molecular weight is 201 g/mol. The Kier molecular flexibility index (Phi) is 4.85. The van der Waals surface area contributed by atoms with E-state index in [4.69, 9.17) is 9.84 Å². The van der Waals surface area contributed by atoms with Crippen LogP contribution in [0.5, 0.6) is 0 Å². The van der Waals surface area contributed by atoms with Crippen LogP contribution in [0.3, 0.4) is 0 Å². The smallest absolute Gasteiger partial charge is 0.0565 e. The number of aliphatic hydroxyl groups is 1. The molecule has 0 aromatic carbocycles. The molecule has 0 bridgehead atoms. The summed E-state index contributed by atoms with van der Waals surface area (Å²) in [6.07, 6.45) is 3.54. The lowest BCUT2D eigenvalue weighted by atomic mass is 10.00. The molecular weight excluding hydrogens is 178 g/mol. The number of hydrogen-bond donors (Lipinski definition) is 2. The van der Waals surface area contributed by atoms with Crippen LogP contribution in [-0.2, 0) is 4.74 Å². The van der Waals surface area contributed by atoms with Gasteiger partial charge in [-0.05, 0) is 46.6 Å². The highest BCUT2D eigenvalue weighted by atomic mass is 16.5. The molecule has 0 spiro atoms. The largest absolute Gasteiger partial charge is 0.393 e. The highest BCUT2D eigenvalue weighted by molar-refractivity contribution is 4.78. The number of nitrogens with one attached hydrogen (secondary N) is 1. The topological polar surface area (TPSA) is 41.5 Å². The zero-order chi connectivity index (χ0) is 10.6. The van der Waals surface area contributed by atoms with Crippen LogP contribution in [-0.4, -0.2) is 36.0 Å². The Bertz CT molecular complexity index is 151. The predicted molar refractivity (Wildman–Crippen MR) is 57.3 cm³/mol. The van der Waals surface area contributed by atoms with Gasteiger partial charge in [0, 0.05) is 6.04 Å². The quantitative estimate of drug-likeness (QED) is 0.720.